The Morgan fingerprint density at radius 3 is 1.65 bits per heavy atom. The van der Waals surface area contributed by atoms with Crippen LogP contribution in [0.25, 0.3) is 0 Å². The van der Waals surface area contributed by atoms with Crippen LogP contribution in [-0.4, -0.2) is 67.0 Å². The highest BCUT2D eigenvalue weighted by molar-refractivity contribution is 6.00. The van der Waals surface area contributed by atoms with Gasteiger partial charge in [0.15, 0.2) is 23.0 Å². The molecule has 0 spiro atoms. The van der Waals surface area contributed by atoms with E-state index < -0.39 is 46.5 Å². The molecule has 0 aliphatic carbocycles. The zero-order valence-corrected chi connectivity index (χ0v) is 11.6. The van der Waals surface area contributed by atoms with Crippen molar-refractivity contribution in [1.82, 2.24) is 0 Å². The predicted molar refractivity (Wildman–Crippen MR) is 63.5 cm³/mol. The highest BCUT2D eigenvalue weighted by Gasteiger charge is 2.77. The lowest BCUT2D eigenvalue weighted by Gasteiger charge is -2.57. The maximum absolute atomic E-state index is 11.7. The number of carbonyl (C=O) groups is 3. The van der Waals surface area contributed by atoms with Crippen LogP contribution in [-0.2, 0) is 19.1 Å². The summed E-state index contributed by atoms with van der Waals surface area (Å²) in [7, 11) is 0. The first-order chi connectivity index (χ1) is 8.79. The fourth-order valence-corrected chi connectivity index (χ4v) is 2.47. The van der Waals surface area contributed by atoms with Crippen molar-refractivity contribution < 1.29 is 39.5 Å². The van der Waals surface area contributed by atoms with E-state index >= 15 is 0 Å². The second kappa shape index (κ2) is 4.40. The maximum atomic E-state index is 11.7. The van der Waals surface area contributed by atoms with Gasteiger partial charge in [-0.3, -0.25) is 14.4 Å². The van der Waals surface area contributed by atoms with Crippen LogP contribution in [0.1, 0.15) is 27.7 Å². The van der Waals surface area contributed by atoms with Crippen molar-refractivity contribution in [2.75, 3.05) is 6.61 Å². The average Bonchev–Trinajstić information content (AvgIpc) is 2.31. The average molecular weight is 290 g/mol. The summed E-state index contributed by atoms with van der Waals surface area (Å²) in [5.41, 5.74) is -8.70. The van der Waals surface area contributed by atoms with Crippen molar-refractivity contribution >= 4 is 17.3 Å². The number of Topliss-reactive ketones (excluding diaryl/α,β-unsaturated/α-hetero) is 3. The number of hydrogen-bond donors (Lipinski definition) is 4. The summed E-state index contributed by atoms with van der Waals surface area (Å²) in [4.78, 5) is 34.8. The van der Waals surface area contributed by atoms with Crippen molar-refractivity contribution in [2.45, 2.75) is 50.3 Å². The zero-order chi connectivity index (χ0) is 16.1. The Morgan fingerprint density at radius 2 is 1.35 bits per heavy atom. The summed E-state index contributed by atoms with van der Waals surface area (Å²) in [6.45, 7) is 2.36. The maximum Gasteiger partial charge on any atom is 0.266 e. The van der Waals surface area contributed by atoms with Gasteiger partial charge in [0, 0.05) is 6.92 Å². The molecule has 1 fully saturated rings. The van der Waals surface area contributed by atoms with Crippen molar-refractivity contribution in [3.05, 3.63) is 0 Å². The number of hydrogen-bond acceptors (Lipinski definition) is 8. The van der Waals surface area contributed by atoms with Crippen LogP contribution in [0.2, 0.25) is 0 Å². The summed E-state index contributed by atoms with van der Waals surface area (Å²) in [6, 6.07) is 0. The summed E-state index contributed by atoms with van der Waals surface area (Å²) < 4.78 is 4.72. The Balaban J connectivity index is 3.67. The molecule has 8 heteroatoms. The Kier molecular flexibility index (Phi) is 3.71. The normalized spacial score (nSPS) is 45.0. The molecule has 0 amide bonds. The molecular weight excluding hydrogens is 272 g/mol. The van der Waals surface area contributed by atoms with Crippen LogP contribution >= 0.6 is 0 Å². The van der Waals surface area contributed by atoms with Gasteiger partial charge in [-0.2, -0.15) is 0 Å². The molecule has 20 heavy (non-hydrogen) atoms. The van der Waals surface area contributed by atoms with Gasteiger partial charge >= 0.3 is 0 Å². The minimum absolute atomic E-state index is 0.784. The lowest BCUT2D eigenvalue weighted by molar-refractivity contribution is -0.373. The third-order valence-electron chi connectivity index (χ3n) is 4.06. The first-order valence-corrected chi connectivity index (χ1v) is 5.85. The molecule has 1 aliphatic heterocycles. The van der Waals surface area contributed by atoms with Gasteiger partial charge in [-0.25, -0.2) is 0 Å². The quantitative estimate of drug-likeness (QED) is 0.454. The molecule has 0 bridgehead atoms. The number of aliphatic hydroxyl groups is 4. The van der Waals surface area contributed by atoms with E-state index in [1.165, 1.54) is 0 Å². The summed E-state index contributed by atoms with van der Waals surface area (Å²) in [6.07, 6.45) is 0. The van der Waals surface area contributed by atoms with Crippen molar-refractivity contribution in [3.8, 4) is 0 Å². The molecule has 1 heterocycles. The van der Waals surface area contributed by atoms with Gasteiger partial charge in [0.05, 0.1) is 6.61 Å². The van der Waals surface area contributed by atoms with Crippen LogP contribution in [0.3, 0.4) is 0 Å². The fourth-order valence-electron chi connectivity index (χ4n) is 2.47. The van der Waals surface area contributed by atoms with Crippen LogP contribution in [0.5, 0.6) is 0 Å². The molecule has 1 rings (SSSR count). The van der Waals surface area contributed by atoms with Crippen LogP contribution in [0.15, 0.2) is 0 Å². The third kappa shape index (κ3) is 1.63. The van der Waals surface area contributed by atoms with Gasteiger partial charge in [-0.05, 0) is 20.8 Å². The monoisotopic (exact) mass is 290 g/mol. The van der Waals surface area contributed by atoms with E-state index in [-0.39, 0.29) is 0 Å². The van der Waals surface area contributed by atoms with Crippen molar-refractivity contribution in [1.29, 1.82) is 0 Å². The topological polar surface area (TPSA) is 141 Å². The van der Waals surface area contributed by atoms with E-state index in [2.05, 4.69) is 0 Å². The Labute approximate surface area is 115 Å². The lowest BCUT2D eigenvalue weighted by atomic mass is 9.62. The number of ketones is 3. The molecule has 0 aromatic carbocycles. The molecule has 0 aromatic heterocycles. The van der Waals surface area contributed by atoms with E-state index in [4.69, 9.17) is 4.74 Å². The SMILES string of the molecule is CC(=O)[C@@]1(O)[C@](C)(O)[C@@](O)(C(C)=O)CO[C@@]1(O)C(C)=O. The second-order valence-corrected chi connectivity index (χ2v) is 5.24. The molecule has 0 unspecified atom stereocenters. The molecule has 1 aliphatic rings. The standard InChI is InChI=1S/C12H18O8/c1-6(13)10(17)5-20-12(19,8(3)15)11(18,7(2)14)9(10,4)16/h16-19H,5H2,1-4H3/t9-,10+,11-,12+/m1/s1. The number of rotatable bonds is 3. The number of carbonyl (C=O) groups excluding carboxylic acids is 3. The molecule has 8 nitrogen and oxygen atoms in total. The highest BCUT2D eigenvalue weighted by atomic mass is 16.7. The molecule has 4 N–H and O–H groups in total. The molecule has 114 valence electrons. The first-order valence-electron chi connectivity index (χ1n) is 5.85. The molecule has 0 aromatic rings. The smallest absolute Gasteiger partial charge is 0.266 e. The van der Waals surface area contributed by atoms with Gasteiger partial charge in [0.25, 0.3) is 5.79 Å². The largest absolute Gasteiger partial charge is 0.383 e. The van der Waals surface area contributed by atoms with Gasteiger partial charge in [-0.15, -0.1) is 0 Å². The molecule has 1 saturated heterocycles. The molecular formula is C12H18O8. The minimum atomic E-state index is -3.20. The minimum Gasteiger partial charge on any atom is -0.383 e. The Hall–Kier alpha value is -1.19. The van der Waals surface area contributed by atoms with Gasteiger partial charge in [-0.1, -0.05) is 0 Å². The Morgan fingerprint density at radius 1 is 0.900 bits per heavy atom. The molecule has 0 saturated carbocycles. The van der Waals surface area contributed by atoms with E-state index in [0.717, 1.165) is 27.7 Å². The summed E-state index contributed by atoms with van der Waals surface area (Å²) in [5, 5.41) is 41.2. The lowest BCUT2D eigenvalue weighted by Crippen LogP contribution is -2.85. The second-order valence-electron chi connectivity index (χ2n) is 5.24. The van der Waals surface area contributed by atoms with Crippen LogP contribution in [0, 0.1) is 0 Å². The van der Waals surface area contributed by atoms with E-state index in [9.17, 15) is 34.8 Å². The van der Waals surface area contributed by atoms with Crippen molar-refractivity contribution in [3.63, 3.8) is 0 Å². The molecule has 0 radical (unpaired) electrons. The van der Waals surface area contributed by atoms with E-state index in [0.29, 0.717) is 0 Å². The van der Waals surface area contributed by atoms with E-state index in [1.807, 2.05) is 0 Å². The summed E-state index contributed by atoms with van der Waals surface area (Å²) >= 11 is 0. The van der Waals surface area contributed by atoms with Crippen LogP contribution < -0.4 is 0 Å². The highest BCUT2D eigenvalue weighted by Crippen LogP contribution is 2.46. The Bertz CT molecular complexity index is 484. The van der Waals surface area contributed by atoms with Gasteiger partial charge in [0.1, 0.15) is 5.60 Å². The summed E-state index contributed by atoms with van der Waals surface area (Å²) in [5.74, 6) is -6.45. The first kappa shape index (κ1) is 16.9. The van der Waals surface area contributed by atoms with E-state index in [1.54, 1.807) is 0 Å². The molecule has 4 atom stereocenters. The number of ether oxygens (including phenoxy) is 1. The van der Waals surface area contributed by atoms with Crippen molar-refractivity contribution in [2.24, 2.45) is 0 Å². The fraction of sp³-hybridized carbons (Fsp3) is 0.750. The van der Waals surface area contributed by atoms with Gasteiger partial charge < -0.3 is 25.2 Å². The van der Waals surface area contributed by atoms with Gasteiger partial charge in [0.2, 0.25) is 5.60 Å². The third-order valence-corrected chi connectivity index (χ3v) is 4.06. The van der Waals surface area contributed by atoms with Crippen LogP contribution in [0.4, 0.5) is 0 Å². The predicted octanol–water partition coefficient (Wildman–Crippen LogP) is -2.31. The zero-order valence-electron chi connectivity index (χ0n) is 11.6.